The Morgan fingerprint density at radius 2 is 2.20 bits per heavy atom. The van der Waals surface area contributed by atoms with Crippen LogP contribution in [-0.4, -0.2) is 24.0 Å². The number of thiophene rings is 1. The number of carbonyl (C=O) groups is 1. The Kier molecular flexibility index (Phi) is 3.74. The van der Waals surface area contributed by atoms with E-state index in [1.807, 2.05) is 36.1 Å². The van der Waals surface area contributed by atoms with E-state index in [-0.39, 0.29) is 12.5 Å². The molecule has 1 amide bonds. The molecule has 1 aliphatic rings. The van der Waals surface area contributed by atoms with Crippen LogP contribution in [0.1, 0.15) is 16.0 Å². The summed E-state index contributed by atoms with van der Waals surface area (Å²) >= 11 is 1.78. The molecule has 0 spiro atoms. The van der Waals surface area contributed by atoms with Crippen molar-refractivity contribution in [2.45, 2.75) is 19.9 Å². The third-order valence-corrected chi connectivity index (χ3v) is 4.63. The molecule has 4 heteroatoms. The lowest BCUT2D eigenvalue weighted by atomic mass is 10.1. The average Bonchev–Trinajstić information content (AvgIpc) is 2.93. The highest BCUT2D eigenvalue weighted by Gasteiger charge is 2.21. The van der Waals surface area contributed by atoms with Crippen molar-refractivity contribution >= 4 is 17.2 Å². The summed E-state index contributed by atoms with van der Waals surface area (Å²) in [6.45, 7) is 3.61. The summed E-state index contributed by atoms with van der Waals surface area (Å²) in [7, 11) is 0. The average molecular weight is 287 g/mol. The molecule has 0 N–H and O–H groups in total. The first-order valence-corrected chi connectivity index (χ1v) is 7.63. The van der Waals surface area contributed by atoms with Crippen LogP contribution in [0.4, 0.5) is 0 Å². The minimum atomic E-state index is 0.0603. The van der Waals surface area contributed by atoms with Crippen molar-refractivity contribution in [2.24, 2.45) is 0 Å². The number of carbonyl (C=O) groups excluding carboxylic acids is 1. The topological polar surface area (TPSA) is 29.5 Å². The maximum absolute atomic E-state index is 12.2. The number of ether oxygens (including phenoxy) is 1. The Morgan fingerprint density at radius 3 is 3.05 bits per heavy atom. The smallest absolute Gasteiger partial charge is 0.260 e. The predicted molar refractivity (Wildman–Crippen MR) is 80.1 cm³/mol. The molecule has 0 unspecified atom stereocenters. The number of aryl methyl sites for hydroxylation is 1. The van der Waals surface area contributed by atoms with E-state index >= 15 is 0 Å². The van der Waals surface area contributed by atoms with E-state index in [0.717, 1.165) is 30.8 Å². The first kappa shape index (κ1) is 13.2. The summed E-state index contributed by atoms with van der Waals surface area (Å²) < 4.78 is 5.63. The van der Waals surface area contributed by atoms with Crippen LogP contribution in [0.2, 0.25) is 0 Å². The van der Waals surface area contributed by atoms with Gasteiger partial charge in [0.1, 0.15) is 5.75 Å². The number of rotatable bonds is 3. The molecular weight excluding hydrogens is 270 g/mol. The number of hydrogen-bond donors (Lipinski definition) is 0. The third kappa shape index (κ3) is 2.70. The van der Waals surface area contributed by atoms with Crippen molar-refractivity contribution in [3.63, 3.8) is 0 Å². The van der Waals surface area contributed by atoms with E-state index in [0.29, 0.717) is 0 Å². The maximum Gasteiger partial charge on any atom is 0.260 e. The zero-order chi connectivity index (χ0) is 13.9. The van der Waals surface area contributed by atoms with E-state index in [1.165, 1.54) is 10.4 Å². The van der Waals surface area contributed by atoms with Gasteiger partial charge in [-0.3, -0.25) is 4.79 Å². The van der Waals surface area contributed by atoms with Crippen LogP contribution in [0.15, 0.2) is 35.7 Å². The highest BCUT2D eigenvalue weighted by Crippen LogP contribution is 2.24. The van der Waals surface area contributed by atoms with Crippen LogP contribution in [0.5, 0.6) is 5.75 Å². The number of nitrogens with zero attached hydrogens (tertiary/aromatic N) is 1. The second kappa shape index (κ2) is 5.67. The quantitative estimate of drug-likeness (QED) is 0.868. The summed E-state index contributed by atoms with van der Waals surface area (Å²) in [4.78, 5) is 15.5. The normalized spacial score (nSPS) is 13.9. The van der Waals surface area contributed by atoms with Gasteiger partial charge in [-0.05, 0) is 42.0 Å². The van der Waals surface area contributed by atoms with Gasteiger partial charge in [0.2, 0.25) is 0 Å². The lowest BCUT2D eigenvalue weighted by molar-refractivity contribution is -0.134. The molecule has 104 valence electrons. The number of para-hydroxylation sites is 1. The Morgan fingerprint density at radius 1 is 1.35 bits per heavy atom. The van der Waals surface area contributed by atoms with Gasteiger partial charge in [0.25, 0.3) is 5.91 Å². The van der Waals surface area contributed by atoms with Crippen molar-refractivity contribution in [2.75, 3.05) is 13.2 Å². The lowest BCUT2D eigenvalue weighted by Crippen LogP contribution is -2.38. The molecule has 0 atom stereocenters. The van der Waals surface area contributed by atoms with Gasteiger partial charge in [-0.25, -0.2) is 0 Å². The van der Waals surface area contributed by atoms with E-state index in [1.54, 1.807) is 11.3 Å². The molecule has 0 aliphatic carbocycles. The minimum Gasteiger partial charge on any atom is -0.484 e. The molecule has 0 saturated carbocycles. The van der Waals surface area contributed by atoms with Crippen molar-refractivity contribution in [3.8, 4) is 5.75 Å². The van der Waals surface area contributed by atoms with Gasteiger partial charge < -0.3 is 9.64 Å². The van der Waals surface area contributed by atoms with Crippen LogP contribution in [0.25, 0.3) is 0 Å². The number of hydrogen-bond acceptors (Lipinski definition) is 3. The van der Waals surface area contributed by atoms with Crippen molar-refractivity contribution < 1.29 is 9.53 Å². The molecule has 3 rings (SSSR count). The van der Waals surface area contributed by atoms with Crippen LogP contribution in [-0.2, 0) is 17.8 Å². The summed E-state index contributed by atoms with van der Waals surface area (Å²) in [5.41, 5.74) is 2.34. The molecule has 1 aliphatic heterocycles. The van der Waals surface area contributed by atoms with Gasteiger partial charge in [-0.1, -0.05) is 18.2 Å². The molecule has 0 fully saturated rings. The van der Waals surface area contributed by atoms with Crippen molar-refractivity contribution in [3.05, 3.63) is 51.7 Å². The lowest BCUT2D eigenvalue weighted by Gasteiger charge is -2.27. The second-order valence-corrected chi connectivity index (χ2v) is 5.99. The Bertz CT molecular complexity index is 620. The summed E-state index contributed by atoms with van der Waals surface area (Å²) in [6, 6.07) is 9.88. The maximum atomic E-state index is 12.2. The van der Waals surface area contributed by atoms with Gasteiger partial charge in [-0.15, -0.1) is 11.3 Å². The van der Waals surface area contributed by atoms with E-state index < -0.39 is 0 Å². The fourth-order valence-electron chi connectivity index (χ4n) is 2.41. The molecular formula is C16H17NO2S. The van der Waals surface area contributed by atoms with Gasteiger partial charge in [0.05, 0.1) is 0 Å². The number of amides is 1. The minimum absolute atomic E-state index is 0.0603. The third-order valence-electron chi connectivity index (χ3n) is 3.61. The Balaban J connectivity index is 1.59. The van der Waals surface area contributed by atoms with Gasteiger partial charge in [-0.2, -0.15) is 0 Å². The van der Waals surface area contributed by atoms with Crippen molar-refractivity contribution in [1.82, 2.24) is 4.90 Å². The summed E-state index contributed by atoms with van der Waals surface area (Å²) in [5, 5.41) is 2.10. The van der Waals surface area contributed by atoms with Gasteiger partial charge in [0.15, 0.2) is 6.61 Å². The SMILES string of the molecule is Cc1ccccc1OCC(=O)N1CCc2sccc2C1. The Hall–Kier alpha value is -1.81. The first-order chi connectivity index (χ1) is 9.74. The van der Waals surface area contributed by atoms with Crippen molar-refractivity contribution in [1.29, 1.82) is 0 Å². The molecule has 2 heterocycles. The molecule has 3 nitrogen and oxygen atoms in total. The monoisotopic (exact) mass is 287 g/mol. The van der Waals surface area contributed by atoms with E-state index in [4.69, 9.17) is 4.74 Å². The van der Waals surface area contributed by atoms with Crippen LogP contribution in [0, 0.1) is 6.92 Å². The number of fused-ring (bicyclic) bond motifs is 1. The molecule has 2 aromatic rings. The highest BCUT2D eigenvalue weighted by molar-refractivity contribution is 7.10. The first-order valence-electron chi connectivity index (χ1n) is 6.75. The zero-order valence-electron chi connectivity index (χ0n) is 11.5. The molecule has 1 aromatic carbocycles. The fourth-order valence-corrected chi connectivity index (χ4v) is 3.30. The largest absolute Gasteiger partial charge is 0.484 e. The number of benzene rings is 1. The van der Waals surface area contributed by atoms with E-state index in [2.05, 4.69) is 11.4 Å². The highest BCUT2D eigenvalue weighted by atomic mass is 32.1. The van der Waals surface area contributed by atoms with E-state index in [9.17, 15) is 4.79 Å². The van der Waals surface area contributed by atoms with Crippen LogP contribution in [0.3, 0.4) is 0 Å². The fraction of sp³-hybridized carbons (Fsp3) is 0.312. The molecule has 0 saturated heterocycles. The predicted octanol–water partition coefficient (Wildman–Crippen LogP) is 3.02. The summed E-state index contributed by atoms with van der Waals surface area (Å²) in [5.74, 6) is 0.846. The van der Waals surface area contributed by atoms with Crippen LogP contribution >= 0.6 is 11.3 Å². The van der Waals surface area contributed by atoms with Crippen LogP contribution < -0.4 is 4.74 Å². The zero-order valence-corrected chi connectivity index (χ0v) is 12.3. The second-order valence-electron chi connectivity index (χ2n) is 4.99. The molecule has 0 radical (unpaired) electrons. The molecule has 0 bridgehead atoms. The molecule has 20 heavy (non-hydrogen) atoms. The standard InChI is InChI=1S/C16H17NO2S/c1-12-4-2-3-5-14(12)19-11-16(18)17-8-6-15-13(10-17)7-9-20-15/h2-5,7,9H,6,8,10-11H2,1H3. The molecule has 1 aromatic heterocycles. The van der Waals surface area contributed by atoms with Gasteiger partial charge >= 0.3 is 0 Å². The summed E-state index contributed by atoms with van der Waals surface area (Å²) in [6.07, 6.45) is 0.961. The Labute approximate surface area is 122 Å². The van der Waals surface area contributed by atoms with Gasteiger partial charge in [0, 0.05) is 18.0 Å².